The zero-order chi connectivity index (χ0) is 15.9. The number of aryl methyl sites for hydroxylation is 2. The zero-order valence-corrected chi connectivity index (χ0v) is 13.9. The predicted molar refractivity (Wildman–Crippen MR) is 82.3 cm³/mol. The van der Waals surface area contributed by atoms with Gasteiger partial charge in [-0.15, -0.1) is 0 Å². The van der Waals surface area contributed by atoms with Crippen molar-refractivity contribution in [1.29, 1.82) is 0 Å². The lowest BCUT2D eigenvalue weighted by Crippen LogP contribution is -2.22. The number of hydrogen-bond acceptors (Lipinski definition) is 5. The Balaban J connectivity index is 1.75. The molecule has 0 spiro atoms. The molecule has 2 aromatic heterocycles. The van der Waals surface area contributed by atoms with Gasteiger partial charge in [-0.1, -0.05) is 0 Å². The van der Waals surface area contributed by atoms with Crippen LogP contribution in [0.3, 0.4) is 0 Å². The molecular formula is C14H21N5O2S. The Bertz CT molecular complexity index is 758. The average molecular weight is 323 g/mol. The maximum absolute atomic E-state index is 11.8. The average Bonchev–Trinajstić information content (AvgIpc) is 3.13. The van der Waals surface area contributed by atoms with E-state index in [0.717, 1.165) is 31.7 Å². The highest BCUT2D eigenvalue weighted by molar-refractivity contribution is 7.90. The fourth-order valence-corrected chi connectivity index (χ4v) is 3.95. The van der Waals surface area contributed by atoms with Crippen molar-refractivity contribution in [2.75, 3.05) is 19.3 Å². The summed E-state index contributed by atoms with van der Waals surface area (Å²) < 4.78 is 25.5. The Hall–Kier alpha value is -1.67. The van der Waals surface area contributed by atoms with Gasteiger partial charge in [0.1, 0.15) is 4.90 Å². The molecule has 0 aromatic carbocycles. The van der Waals surface area contributed by atoms with Crippen LogP contribution in [0.2, 0.25) is 0 Å². The van der Waals surface area contributed by atoms with E-state index in [1.54, 1.807) is 0 Å². The lowest BCUT2D eigenvalue weighted by atomic mass is 10.1. The minimum atomic E-state index is -3.23. The summed E-state index contributed by atoms with van der Waals surface area (Å²) in [7, 11) is -1.28. The van der Waals surface area contributed by atoms with Gasteiger partial charge in [0.15, 0.2) is 9.84 Å². The summed E-state index contributed by atoms with van der Waals surface area (Å²) in [5.74, 6) is 0.181. The summed E-state index contributed by atoms with van der Waals surface area (Å²) in [5.41, 5.74) is 3.13. The van der Waals surface area contributed by atoms with E-state index in [1.807, 2.05) is 17.9 Å². The van der Waals surface area contributed by atoms with E-state index in [-0.39, 0.29) is 5.92 Å². The Kier molecular flexibility index (Phi) is 3.82. The third-order valence-corrected chi connectivity index (χ3v) is 5.48. The molecule has 8 heteroatoms. The van der Waals surface area contributed by atoms with Crippen LogP contribution in [-0.2, 0) is 23.4 Å². The van der Waals surface area contributed by atoms with E-state index in [4.69, 9.17) is 0 Å². The Labute approximate surface area is 130 Å². The topological polar surface area (TPSA) is 83.9 Å². The molecule has 0 unspecified atom stereocenters. The monoisotopic (exact) mass is 323 g/mol. The highest BCUT2D eigenvalue weighted by Crippen LogP contribution is 2.31. The lowest BCUT2D eigenvalue weighted by Gasteiger charge is -2.16. The SMILES string of the molecule is Cc1cnn(C)c1CN1CC[C@H](c2[nH]ncc2S(C)(=O)=O)C1. The van der Waals surface area contributed by atoms with Gasteiger partial charge in [0.25, 0.3) is 0 Å². The molecule has 7 nitrogen and oxygen atoms in total. The van der Waals surface area contributed by atoms with E-state index in [1.165, 1.54) is 23.7 Å². The van der Waals surface area contributed by atoms with Crippen LogP contribution in [0, 0.1) is 6.92 Å². The van der Waals surface area contributed by atoms with Gasteiger partial charge in [-0.25, -0.2) is 8.42 Å². The van der Waals surface area contributed by atoms with Crippen LogP contribution in [0.5, 0.6) is 0 Å². The third kappa shape index (κ3) is 2.80. The number of likely N-dealkylation sites (tertiary alicyclic amines) is 1. The van der Waals surface area contributed by atoms with Crippen molar-refractivity contribution < 1.29 is 8.42 Å². The van der Waals surface area contributed by atoms with Crippen LogP contribution in [-0.4, -0.2) is 52.6 Å². The maximum atomic E-state index is 11.8. The number of aromatic nitrogens is 4. The van der Waals surface area contributed by atoms with Crippen LogP contribution in [0.1, 0.15) is 29.3 Å². The molecule has 1 aliphatic heterocycles. The predicted octanol–water partition coefficient (Wildman–Crippen LogP) is 0.845. The quantitative estimate of drug-likeness (QED) is 0.901. The zero-order valence-electron chi connectivity index (χ0n) is 13.1. The second-order valence-electron chi connectivity index (χ2n) is 6.04. The van der Waals surface area contributed by atoms with E-state index in [2.05, 4.69) is 27.1 Å². The number of H-pyrrole nitrogens is 1. The molecule has 1 atom stereocenters. The lowest BCUT2D eigenvalue weighted by molar-refractivity contribution is 0.315. The van der Waals surface area contributed by atoms with Crippen molar-refractivity contribution >= 4 is 9.84 Å². The van der Waals surface area contributed by atoms with Crippen LogP contribution >= 0.6 is 0 Å². The van der Waals surface area contributed by atoms with Gasteiger partial charge < -0.3 is 0 Å². The van der Waals surface area contributed by atoms with Crippen LogP contribution in [0.15, 0.2) is 17.3 Å². The molecule has 0 radical (unpaired) electrons. The first kappa shape index (κ1) is 15.2. The normalized spacial score (nSPS) is 19.9. The molecule has 3 rings (SSSR count). The molecule has 2 aromatic rings. The summed E-state index contributed by atoms with van der Waals surface area (Å²) in [6.45, 7) is 4.67. The minimum absolute atomic E-state index is 0.181. The van der Waals surface area contributed by atoms with Gasteiger partial charge in [0.05, 0.1) is 23.8 Å². The standard InChI is InChI=1S/C14H21N5O2S/c1-10-6-16-18(2)12(10)9-19-5-4-11(8-19)14-13(7-15-17-14)22(3,20)21/h6-7,11H,4-5,8-9H2,1-3H3,(H,15,17)/t11-/m0/s1. The molecule has 1 saturated heterocycles. The van der Waals surface area contributed by atoms with Crippen molar-refractivity contribution in [3.8, 4) is 0 Å². The summed E-state index contributed by atoms with van der Waals surface area (Å²) in [5, 5.41) is 11.1. The van der Waals surface area contributed by atoms with Gasteiger partial charge >= 0.3 is 0 Å². The van der Waals surface area contributed by atoms with Crippen molar-refractivity contribution in [3.05, 3.63) is 29.3 Å². The Morgan fingerprint density at radius 2 is 2.18 bits per heavy atom. The van der Waals surface area contributed by atoms with E-state index >= 15 is 0 Å². The summed E-state index contributed by atoms with van der Waals surface area (Å²) in [6.07, 6.45) is 5.45. The molecule has 3 heterocycles. The molecule has 1 N–H and O–H groups in total. The molecule has 22 heavy (non-hydrogen) atoms. The molecule has 120 valence electrons. The van der Waals surface area contributed by atoms with Crippen molar-refractivity contribution in [2.24, 2.45) is 7.05 Å². The van der Waals surface area contributed by atoms with Crippen molar-refractivity contribution in [1.82, 2.24) is 24.9 Å². The van der Waals surface area contributed by atoms with Gasteiger partial charge in [0, 0.05) is 32.3 Å². The summed E-state index contributed by atoms with van der Waals surface area (Å²) >= 11 is 0. The third-order valence-electron chi connectivity index (χ3n) is 4.36. The smallest absolute Gasteiger partial charge is 0.178 e. The van der Waals surface area contributed by atoms with Crippen LogP contribution in [0.4, 0.5) is 0 Å². The van der Waals surface area contributed by atoms with Crippen LogP contribution in [0.25, 0.3) is 0 Å². The number of nitrogens with one attached hydrogen (secondary N) is 1. The fourth-order valence-electron chi connectivity index (χ4n) is 3.10. The summed E-state index contributed by atoms with van der Waals surface area (Å²) in [4.78, 5) is 2.66. The molecule has 0 bridgehead atoms. The highest BCUT2D eigenvalue weighted by Gasteiger charge is 2.30. The highest BCUT2D eigenvalue weighted by atomic mass is 32.2. The first-order valence-electron chi connectivity index (χ1n) is 7.29. The number of hydrogen-bond donors (Lipinski definition) is 1. The molecule has 1 fully saturated rings. The van der Waals surface area contributed by atoms with Gasteiger partial charge in [-0.05, 0) is 25.5 Å². The van der Waals surface area contributed by atoms with E-state index in [9.17, 15) is 8.42 Å². The van der Waals surface area contributed by atoms with Crippen molar-refractivity contribution in [3.63, 3.8) is 0 Å². The van der Waals surface area contributed by atoms with E-state index in [0.29, 0.717) is 4.90 Å². The first-order valence-corrected chi connectivity index (χ1v) is 9.18. The van der Waals surface area contributed by atoms with Gasteiger partial charge in [-0.2, -0.15) is 10.2 Å². The number of aromatic amines is 1. The Morgan fingerprint density at radius 1 is 1.41 bits per heavy atom. The second kappa shape index (κ2) is 5.51. The number of rotatable bonds is 4. The first-order chi connectivity index (χ1) is 10.4. The maximum Gasteiger partial charge on any atom is 0.178 e. The molecule has 1 aliphatic rings. The largest absolute Gasteiger partial charge is 0.297 e. The molecule has 0 amide bonds. The number of nitrogens with zero attached hydrogens (tertiary/aromatic N) is 4. The Morgan fingerprint density at radius 3 is 2.82 bits per heavy atom. The minimum Gasteiger partial charge on any atom is -0.297 e. The van der Waals surface area contributed by atoms with Gasteiger partial charge in [-0.3, -0.25) is 14.7 Å². The molecular weight excluding hydrogens is 302 g/mol. The second-order valence-corrected chi connectivity index (χ2v) is 8.02. The van der Waals surface area contributed by atoms with Gasteiger partial charge in [0.2, 0.25) is 0 Å². The summed E-state index contributed by atoms with van der Waals surface area (Å²) in [6, 6.07) is 0. The molecule has 0 saturated carbocycles. The number of sulfone groups is 1. The van der Waals surface area contributed by atoms with E-state index < -0.39 is 9.84 Å². The fraction of sp³-hybridized carbons (Fsp3) is 0.571. The van der Waals surface area contributed by atoms with Crippen molar-refractivity contribution in [2.45, 2.75) is 30.7 Å². The van der Waals surface area contributed by atoms with Crippen LogP contribution < -0.4 is 0 Å². The molecule has 0 aliphatic carbocycles.